The molecule has 1 atom stereocenters. The van der Waals surface area contributed by atoms with Crippen molar-refractivity contribution in [2.75, 3.05) is 6.54 Å². The Bertz CT molecular complexity index is 576. The summed E-state index contributed by atoms with van der Waals surface area (Å²) in [4.78, 5) is 12.0. The summed E-state index contributed by atoms with van der Waals surface area (Å²) in [6.07, 6.45) is 1.64. The van der Waals surface area contributed by atoms with E-state index in [1.165, 1.54) is 0 Å². The number of hydrogen-bond acceptors (Lipinski definition) is 4. The lowest BCUT2D eigenvalue weighted by atomic mass is 10.1. The van der Waals surface area contributed by atoms with Gasteiger partial charge < -0.3 is 15.6 Å². The van der Waals surface area contributed by atoms with Gasteiger partial charge in [-0.1, -0.05) is 29.8 Å². The van der Waals surface area contributed by atoms with Gasteiger partial charge in [-0.05, 0) is 19.4 Å². The Morgan fingerprint density at radius 1 is 1.35 bits per heavy atom. The number of nitrogens with zero attached hydrogens (tertiary/aromatic N) is 3. The molecule has 0 saturated heterocycles. The molecule has 6 nitrogen and oxygen atoms in total. The summed E-state index contributed by atoms with van der Waals surface area (Å²) in [5.74, 6) is 0.640. The van der Waals surface area contributed by atoms with Gasteiger partial charge in [0.2, 0.25) is 5.91 Å². The largest absolute Gasteiger partial charge is 0.353 e. The standard InChI is InChI=1S/C14H19N5O/c1-10-3-5-12(6-4-10)13(15)14(20)16-7-8-19-9-17-18-11(19)2/h3-6,9,13H,7-8,15H2,1-2H3,(H,16,20). The van der Waals surface area contributed by atoms with Crippen LogP contribution in [-0.4, -0.2) is 27.2 Å². The third kappa shape index (κ3) is 3.42. The quantitative estimate of drug-likeness (QED) is 0.840. The van der Waals surface area contributed by atoms with E-state index in [1.54, 1.807) is 6.33 Å². The Kier molecular flexibility index (Phi) is 4.47. The predicted octanol–water partition coefficient (Wildman–Crippen LogP) is 0.711. The third-order valence-corrected chi connectivity index (χ3v) is 3.18. The maximum atomic E-state index is 12.0. The molecule has 0 aliphatic heterocycles. The van der Waals surface area contributed by atoms with Crippen LogP contribution in [0.5, 0.6) is 0 Å². The average molecular weight is 273 g/mol. The lowest BCUT2D eigenvalue weighted by Crippen LogP contribution is -2.35. The molecule has 0 aliphatic carbocycles. The second-order valence-electron chi connectivity index (χ2n) is 4.75. The average Bonchev–Trinajstić information content (AvgIpc) is 2.84. The zero-order valence-electron chi connectivity index (χ0n) is 11.7. The van der Waals surface area contributed by atoms with E-state index in [0.717, 1.165) is 17.0 Å². The Morgan fingerprint density at radius 2 is 2.05 bits per heavy atom. The van der Waals surface area contributed by atoms with Crippen LogP contribution in [0.4, 0.5) is 0 Å². The summed E-state index contributed by atoms with van der Waals surface area (Å²) in [5.41, 5.74) is 7.89. The molecular formula is C14H19N5O. The Hall–Kier alpha value is -2.21. The van der Waals surface area contributed by atoms with Crippen LogP contribution in [0.2, 0.25) is 0 Å². The van der Waals surface area contributed by atoms with Gasteiger partial charge in [0.1, 0.15) is 18.2 Å². The van der Waals surface area contributed by atoms with Crippen molar-refractivity contribution in [1.82, 2.24) is 20.1 Å². The Balaban J connectivity index is 1.85. The van der Waals surface area contributed by atoms with Crippen molar-refractivity contribution in [2.45, 2.75) is 26.4 Å². The molecule has 0 bridgehead atoms. The molecule has 1 heterocycles. The van der Waals surface area contributed by atoms with Crippen molar-refractivity contribution in [3.05, 3.63) is 47.5 Å². The first-order chi connectivity index (χ1) is 9.58. The fourth-order valence-electron chi connectivity index (χ4n) is 1.87. The van der Waals surface area contributed by atoms with E-state index in [0.29, 0.717) is 13.1 Å². The molecule has 1 unspecified atom stereocenters. The van der Waals surface area contributed by atoms with Crippen molar-refractivity contribution < 1.29 is 4.79 Å². The van der Waals surface area contributed by atoms with Gasteiger partial charge in [0.15, 0.2) is 0 Å². The summed E-state index contributed by atoms with van der Waals surface area (Å²) < 4.78 is 1.87. The molecule has 0 aliphatic rings. The number of amides is 1. The highest BCUT2D eigenvalue weighted by Gasteiger charge is 2.14. The second kappa shape index (κ2) is 6.29. The lowest BCUT2D eigenvalue weighted by molar-refractivity contribution is -0.122. The number of carbonyl (C=O) groups is 1. The monoisotopic (exact) mass is 273 g/mol. The van der Waals surface area contributed by atoms with Gasteiger partial charge in [0, 0.05) is 13.1 Å². The fraction of sp³-hybridized carbons (Fsp3) is 0.357. The first-order valence-electron chi connectivity index (χ1n) is 6.52. The topological polar surface area (TPSA) is 85.8 Å². The summed E-state index contributed by atoms with van der Waals surface area (Å²) in [6.45, 7) is 4.99. The van der Waals surface area contributed by atoms with Gasteiger partial charge in [-0.3, -0.25) is 4.79 Å². The van der Waals surface area contributed by atoms with Crippen molar-refractivity contribution in [3.63, 3.8) is 0 Å². The highest BCUT2D eigenvalue weighted by Crippen LogP contribution is 2.11. The number of hydrogen-bond donors (Lipinski definition) is 2. The molecule has 0 saturated carbocycles. The van der Waals surface area contributed by atoms with Crippen LogP contribution in [0.25, 0.3) is 0 Å². The second-order valence-corrected chi connectivity index (χ2v) is 4.75. The van der Waals surface area contributed by atoms with Gasteiger partial charge in [-0.25, -0.2) is 0 Å². The Labute approximate surface area is 118 Å². The predicted molar refractivity (Wildman–Crippen MR) is 75.9 cm³/mol. The van der Waals surface area contributed by atoms with Crippen molar-refractivity contribution in [3.8, 4) is 0 Å². The van der Waals surface area contributed by atoms with Crippen LogP contribution in [0.1, 0.15) is 23.0 Å². The van der Waals surface area contributed by atoms with Crippen LogP contribution in [0.15, 0.2) is 30.6 Å². The molecule has 1 aromatic heterocycles. The minimum Gasteiger partial charge on any atom is -0.353 e. The maximum absolute atomic E-state index is 12.0. The van der Waals surface area contributed by atoms with Crippen LogP contribution in [0.3, 0.4) is 0 Å². The first kappa shape index (κ1) is 14.2. The summed E-state index contributed by atoms with van der Waals surface area (Å²) in [5, 5.41) is 10.5. The van der Waals surface area contributed by atoms with Gasteiger partial charge in [0.05, 0.1) is 0 Å². The molecule has 0 fully saturated rings. The molecule has 20 heavy (non-hydrogen) atoms. The van der Waals surface area contributed by atoms with Gasteiger partial charge in [-0.15, -0.1) is 10.2 Å². The van der Waals surface area contributed by atoms with E-state index >= 15 is 0 Å². The zero-order chi connectivity index (χ0) is 14.5. The van der Waals surface area contributed by atoms with Crippen LogP contribution >= 0.6 is 0 Å². The SMILES string of the molecule is Cc1ccc(C(N)C(=O)NCCn2cnnc2C)cc1. The normalized spacial score (nSPS) is 12.2. The minimum absolute atomic E-state index is 0.181. The maximum Gasteiger partial charge on any atom is 0.241 e. The highest BCUT2D eigenvalue weighted by atomic mass is 16.2. The van der Waals surface area contributed by atoms with E-state index in [9.17, 15) is 4.79 Å². The minimum atomic E-state index is -0.641. The van der Waals surface area contributed by atoms with Gasteiger partial charge in [0.25, 0.3) is 0 Å². The number of benzene rings is 1. The third-order valence-electron chi connectivity index (χ3n) is 3.18. The summed E-state index contributed by atoms with van der Waals surface area (Å²) in [6, 6.07) is 7.01. The highest BCUT2D eigenvalue weighted by molar-refractivity contribution is 5.82. The molecule has 0 radical (unpaired) electrons. The van der Waals surface area contributed by atoms with E-state index in [2.05, 4.69) is 15.5 Å². The number of nitrogens with two attached hydrogens (primary N) is 1. The van der Waals surface area contributed by atoms with Crippen molar-refractivity contribution in [1.29, 1.82) is 0 Å². The lowest BCUT2D eigenvalue weighted by Gasteiger charge is -2.13. The zero-order valence-corrected chi connectivity index (χ0v) is 11.7. The molecule has 2 aromatic rings. The number of aryl methyl sites for hydroxylation is 2. The van der Waals surface area contributed by atoms with E-state index in [4.69, 9.17) is 5.73 Å². The molecular weight excluding hydrogens is 254 g/mol. The number of rotatable bonds is 5. The van der Waals surface area contributed by atoms with Gasteiger partial charge >= 0.3 is 0 Å². The summed E-state index contributed by atoms with van der Waals surface area (Å²) in [7, 11) is 0. The number of carbonyl (C=O) groups excluding carboxylic acids is 1. The summed E-state index contributed by atoms with van der Waals surface area (Å²) >= 11 is 0. The molecule has 0 spiro atoms. The molecule has 1 amide bonds. The molecule has 1 aromatic carbocycles. The molecule has 106 valence electrons. The fourth-order valence-corrected chi connectivity index (χ4v) is 1.87. The van der Waals surface area contributed by atoms with Gasteiger partial charge in [-0.2, -0.15) is 0 Å². The molecule has 2 rings (SSSR count). The van der Waals surface area contributed by atoms with Crippen molar-refractivity contribution in [2.24, 2.45) is 5.73 Å². The van der Waals surface area contributed by atoms with E-state index < -0.39 is 6.04 Å². The van der Waals surface area contributed by atoms with E-state index in [-0.39, 0.29) is 5.91 Å². The number of aromatic nitrogens is 3. The van der Waals surface area contributed by atoms with Crippen molar-refractivity contribution >= 4 is 5.91 Å². The van der Waals surface area contributed by atoms with Crippen LogP contribution in [-0.2, 0) is 11.3 Å². The smallest absolute Gasteiger partial charge is 0.241 e. The number of nitrogens with one attached hydrogen (secondary N) is 1. The Morgan fingerprint density at radius 3 is 2.65 bits per heavy atom. The molecule has 6 heteroatoms. The van der Waals surface area contributed by atoms with Crippen LogP contribution < -0.4 is 11.1 Å². The van der Waals surface area contributed by atoms with E-state index in [1.807, 2.05) is 42.7 Å². The first-order valence-corrected chi connectivity index (χ1v) is 6.52. The molecule has 3 N–H and O–H groups in total. The van der Waals surface area contributed by atoms with Crippen LogP contribution in [0, 0.1) is 13.8 Å².